The predicted octanol–water partition coefficient (Wildman–Crippen LogP) is 9.66. The first-order chi connectivity index (χ1) is 23.9. The molecule has 3 fully saturated rings. The number of nitrogens with two attached hydrogens (primary N) is 1. The van der Waals surface area contributed by atoms with Crippen LogP contribution in [0.2, 0.25) is 6.22 Å². The number of hydrogen-bond acceptors (Lipinski definition) is 2. The van der Waals surface area contributed by atoms with E-state index in [1.807, 2.05) is 6.66 Å². The van der Waals surface area contributed by atoms with E-state index in [4.69, 9.17) is 14.8 Å². The van der Waals surface area contributed by atoms with Gasteiger partial charge in [-0.1, -0.05) is 60.9 Å². The van der Waals surface area contributed by atoms with Crippen molar-refractivity contribution in [2.24, 2.45) is 51.7 Å². The van der Waals surface area contributed by atoms with Gasteiger partial charge in [0.15, 0.2) is 23.3 Å². The van der Waals surface area contributed by atoms with Crippen molar-refractivity contribution in [1.82, 2.24) is 0 Å². The van der Waals surface area contributed by atoms with Crippen LogP contribution in [0.3, 0.4) is 0 Å². The fourth-order valence-corrected chi connectivity index (χ4v) is 7.87. The Kier molecular flexibility index (Phi) is 12.7. The molecule has 0 amide bonds. The van der Waals surface area contributed by atoms with Gasteiger partial charge in [0, 0.05) is 20.6 Å². The highest BCUT2D eigenvalue weighted by Crippen LogP contribution is 2.76. The van der Waals surface area contributed by atoms with E-state index in [9.17, 15) is 43.7 Å². The molecule has 0 saturated heterocycles. The SMILES string of the molecule is C1=CC2CC1CC2Cc1ccccc1.Fc1c(F)c(F)c(C(F)(F)C2(F)C3C4C=CC(C4)C3C2(F)F)c(F)c1F.[3H]P(F)B(N)C[B].[B]N=PC. The lowest BCUT2D eigenvalue weighted by atomic mass is 9.52. The summed E-state index contributed by atoms with van der Waals surface area (Å²) in [6.07, 6.45) is 11.6. The number of fused-ring (bicyclic) bond motifs is 7. The summed E-state index contributed by atoms with van der Waals surface area (Å²) in [5.74, 6) is -27.6. The van der Waals surface area contributed by atoms with Gasteiger partial charge < -0.3 is 10.3 Å². The largest absolute Gasteiger partial charge is 0.364 e. The summed E-state index contributed by atoms with van der Waals surface area (Å²) >= 11 is 0. The van der Waals surface area contributed by atoms with E-state index in [-0.39, 0.29) is 12.6 Å². The first kappa shape index (κ1) is 39.1. The summed E-state index contributed by atoms with van der Waals surface area (Å²) in [4.78, 5) is 0. The van der Waals surface area contributed by atoms with Gasteiger partial charge in [-0.2, -0.15) is 8.78 Å². The third kappa shape index (κ3) is 7.24. The van der Waals surface area contributed by atoms with Gasteiger partial charge in [0.25, 0.3) is 20.5 Å². The van der Waals surface area contributed by atoms with Crippen LogP contribution < -0.4 is 5.64 Å². The molecule has 5 aliphatic rings. The summed E-state index contributed by atoms with van der Waals surface area (Å²) in [5, 5.41) is 0. The molecule has 0 spiro atoms. The lowest BCUT2D eigenvalue weighted by Crippen LogP contribution is -2.76. The van der Waals surface area contributed by atoms with E-state index in [2.05, 4.69) is 55.1 Å². The Morgan fingerprint density at radius 1 is 0.900 bits per heavy atom. The number of allylic oxidation sites excluding steroid dienone is 4. The van der Waals surface area contributed by atoms with Gasteiger partial charge in [-0.25, -0.2) is 39.3 Å². The Hall–Kier alpha value is -2.17. The molecule has 18 heteroatoms. The number of rotatable bonds is 6. The van der Waals surface area contributed by atoms with Gasteiger partial charge in [-0.3, -0.25) is 0 Å². The Labute approximate surface area is 291 Å². The van der Waals surface area contributed by atoms with Gasteiger partial charge in [0.1, 0.15) is 5.56 Å². The molecule has 50 heavy (non-hydrogen) atoms. The second-order valence-corrected chi connectivity index (χ2v) is 14.3. The molecule has 3 saturated carbocycles. The number of benzene rings is 2. The molecule has 9 atom stereocenters. The predicted molar refractivity (Wildman–Crippen MR) is 177 cm³/mol. The van der Waals surface area contributed by atoms with Crippen LogP contribution >= 0.6 is 17.1 Å². The molecular weight excluding hydrogens is 716 g/mol. The van der Waals surface area contributed by atoms with Crippen LogP contribution in [-0.4, -0.2) is 41.9 Å². The average Bonchev–Trinajstić information content (AvgIpc) is 3.93. The van der Waals surface area contributed by atoms with Gasteiger partial charge in [-0.05, 0) is 75.9 Å². The minimum absolute atomic E-state index is 0.0379. The van der Waals surface area contributed by atoms with Crippen LogP contribution in [0.5, 0.6) is 0 Å². The van der Waals surface area contributed by atoms with Gasteiger partial charge in [0.2, 0.25) is 11.5 Å². The van der Waals surface area contributed by atoms with Gasteiger partial charge >= 0.3 is 5.92 Å². The summed E-state index contributed by atoms with van der Waals surface area (Å²) in [5.41, 5.74) is -1.17. The lowest BCUT2D eigenvalue weighted by Gasteiger charge is -2.58. The quantitative estimate of drug-likeness (QED) is 0.0784. The van der Waals surface area contributed by atoms with Crippen molar-refractivity contribution in [1.29, 1.82) is 1.28 Å². The standard InChI is InChI=1S/C16H8F10.C14H16.CH5B2FNP.CH3BNP/c17-9-8(10(18)12(20)13(21)11(9)19)16(25,26)14(22)6-4-1-2-5(3-4)7(6)15(14,23)24;1-2-4-11(5-3-1)8-14-10-12-6-7-13(14)9-12;2-1-3(5)6-4;1-4-3-2/h1-2,4-7H,3H2;1-7,12-14H,8-10H2;6H,1,5H2;1H3/i;;6T;. The van der Waals surface area contributed by atoms with E-state index in [1.165, 1.54) is 37.0 Å². The minimum atomic E-state index is -5.64. The molecule has 9 unspecified atom stereocenters. The van der Waals surface area contributed by atoms with Crippen LogP contribution in [0.15, 0.2) is 59.3 Å². The second-order valence-electron chi connectivity index (χ2n) is 12.8. The Morgan fingerprint density at radius 3 is 1.86 bits per heavy atom. The van der Waals surface area contributed by atoms with E-state index < -0.39 is 91.1 Å². The van der Waals surface area contributed by atoms with Crippen molar-refractivity contribution >= 4 is 39.5 Å². The van der Waals surface area contributed by atoms with Crippen molar-refractivity contribution in [3.05, 3.63) is 94.8 Å². The maximum absolute atomic E-state index is 15.1. The highest BCUT2D eigenvalue weighted by Gasteiger charge is 2.89. The second kappa shape index (κ2) is 16.2. The Morgan fingerprint density at radius 2 is 1.42 bits per heavy atom. The highest BCUT2D eigenvalue weighted by molar-refractivity contribution is 7.72. The smallest absolute Gasteiger partial charge is 0.318 e. The summed E-state index contributed by atoms with van der Waals surface area (Å²) in [6.45, 7) is 1.11. The van der Waals surface area contributed by atoms with E-state index in [0.717, 1.165) is 26.1 Å². The third-order valence-corrected chi connectivity index (χ3v) is 10.7. The maximum Gasteiger partial charge on any atom is 0.318 e. The third-order valence-electron chi connectivity index (χ3n) is 10.0. The molecule has 0 aromatic heterocycles. The summed E-state index contributed by atoms with van der Waals surface area (Å²) in [6, 6.07) is 10.9. The van der Waals surface area contributed by atoms with Crippen molar-refractivity contribution in [3.8, 4) is 0 Å². The zero-order valence-electron chi connectivity index (χ0n) is 27.6. The zero-order valence-corrected chi connectivity index (χ0v) is 28.4. The van der Waals surface area contributed by atoms with Crippen molar-refractivity contribution in [3.63, 3.8) is 0 Å². The fraction of sp³-hybridized carbons (Fsp3) is 0.500. The van der Waals surface area contributed by atoms with Crippen LogP contribution in [0, 0.1) is 70.5 Å². The van der Waals surface area contributed by atoms with Gasteiger partial charge in [0.05, 0.1) is 9.12 Å². The number of nitrogens with zero attached hydrogens (tertiary/aromatic N) is 1. The molecule has 4 radical (unpaired) electrons. The number of alkyl halides is 5. The average molecular weight is 750 g/mol. The van der Waals surface area contributed by atoms with Crippen molar-refractivity contribution < 1.29 is 48.1 Å². The zero-order chi connectivity index (χ0) is 38.1. The monoisotopic (exact) mass is 750 g/mol. The molecule has 5 aliphatic carbocycles. The van der Waals surface area contributed by atoms with Gasteiger partial charge in [-0.15, -0.1) is 0 Å². The molecule has 266 valence electrons. The lowest BCUT2D eigenvalue weighted by molar-refractivity contribution is -0.373. The molecule has 2 N–H and O–H groups in total. The normalized spacial score (nSPS) is 31.4. The Bertz CT molecular complexity index is 1590. The molecule has 2 aromatic carbocycles. The number of halogens is 11. The molecule has 0 heterocycles. The molecule has 4 bridgehead atoms. The van der Waals surface area contributed by atoms with Crippen LogP contribution in [0.1, 0.15) is 30.4 Å². The molecule has 2 nitrogen and oxygen atoms in total. The first-order valence-corrected chi connectivity index (χ1v) is 17.8. The van der Waals surface area contributed by atoms with E-state index >= 15 is 4.39 Å². The van der Waals surface area contributed by atoms with Crippen molar-refractivity contribution in [2.45, 2.75) is 49.4 Å². The van der Waals surface area contributed by atoms with Crippen LogP contribution in [0.4, 0.5) is 48.1 Å². The number of hydrogen-bond donors (Lipinski definition) is 1. The molecule has 0 aliphatic heterocycles. The molecule has 7 rings (SSSR count). The molecular formula is C32H32B3F11N2P2. The molecule has 2 aromatic rings. The fourth-order valence-electron chi connectivity index (χ4n) is 7.79. The summed E-state index contributed by atoms with van der Waals surface area (Å²) < 4.78 is 161. The van der Waals surface area contributed by atoms with Crippen LogP contribution in [-0.2, 0) is 12.3 Å². The maximum atomic E-state index is 15.1. The highest BCUT2D eigenvalue weighted by atomic mass is 31.1. The van der Waals surface area contributed by atoms with E-state index in [0.29, 0.717) is 0 Å². The minimum Gasteiger partial charge on any atom is -0.364 e. The van der Waals surface area contributed by atoms with Crippen molar-refractivity contribution in [2.75, 3.05) is 6.66 Å². The first-order valence-electron chi connectivity index (χ1n) is 16.1. The summed E-state index contributed by atoms with van der Waals surface area (Å²) in [7, 11) is 8.19. The van der Waals surface area contributed by atoms with Crippen LogP contribution in [0.25, 0.3) is 0 Å². The topological polar surface area (TPSA) is 38.4 Å². The van der Waals surface area contributed by atoms with E-state index in [1.54, 1.807) is 0 Å². The Balaban J connectivity index is 0.000000194.